The summed E-state index contributed by atoms with van der Waals surface area (Å²) in [6.45, 7) is 26.6. The van der Waals surface area contributed by atoms with Crippen LogP contribution in [0.2, 0.25) is 0 Å². The number of ether oxygens (including phenoxy) is 1. The summed E-state index contributed by atoms with van der Waals surface area (Å²) < 4.78 is 30.3. The fraction of sp³-hybridized carbons (Fsp3) is 0.900. The van der Waals surface area contributed by atoms with E-state index in [0.29, 0.717) is 23.7 Å². The summed E-state index contributed by atoms with van der Waals surface area (Å²) in [7, 11) is -3.09. The molecule has 3 aliphatic carbocycles. The number of fused-ring (bicyclic) bond motifs is 2. The molecule has 0 N–H and O–H groups in total. The van der Waals surface area contributed by atoms with E-state index in [1.165, 1.54) is 18.4 Å². The molecule has 0 amide bonds. The van der Waals surface area contributed by atoms with Crippen molar-refractivity contribution in [3.05, 3.63) is 12.2 Å². The predicted molar refractivity (Wildman–Crippen MR) is 147 cm³/mol. The van der Waals surface area contributed by atoms with Gasteiger partial charge in [-0.25, -0.2) is 8.42 Å². The number of carbonyl (C=O) groups excluding carboxylic acids is 1. The van der Waals surface area contributed by atoms with Gasteiger partial charge in [-0.15, -0.1) is 0 Å². The van der Waals surface area contributed by atoms with E-state index in [-0.39, 0.29) is 34.1 Å². The molecule has 0 aliphatic heterocycles. The lowest BCUT2D eigenvalue weighted by Crippen LogP contribution is -2.43. The van der Waals surface area contributed by atoms with Crippen LogP contribution in [0.15, 0.2) is 12.2 Å². The Bertz CT molecular complexity index is 884. The smallest absolute Gasteiger partial charge is 0.311 e. The molecule has 3 aliphatic rings. The first-order valence-electron chi connectivity index (χ1n) is 13.8. The zero-order valence-electron chi connectivity index (χ0n) is 24.6. The van der Waals surface area contributed by atoms with Crippen molar-refractivity contribution in [1.29, 1.82) is 0 Å². The van der Waals surface area contributed by atoms with Crippen molar-refractivity contribution in [2.75, 3.05) is 5.75 Å². The molecular formula is C30H54O4S. The average molecular weight is 511 g/mol. The van der Waals surface area contributed by atoms with Gasteiger partial charge in [0.25, 0.3) is 0 Å². The van der Waals surface area contributed by atoms with Gasteiger partial charge in [-0.1, -0.05) is 53.2 Å². The molecule has 0 saturated heterocycles. The third kappa shape index (κ3) is 6.18. The Hall–Kier alpha value is -0.840. The summed E-state index contributed by atoms with van der Waals surface area (Å²) in [6, 6.07) is 0. The van der Waals surface area contributed by atoms with Crippen molar-refractivity contribution in [2.24, 2.45) is 39.9 Å². The number of esters is 1. The van der Waals surface area contributed by atoms with Gasteiger partial charge < -0.3 is 4.74 Å². The second-order valence-electron chi connectivity index (χ2n) is 14.7. The lowest BCUT2D eigenvalue weighted by Gasteiger charge is -2.40. The number of hydrogen-bond acceptors (Lipinski definition) is 4. The highest BCUT2D eigenvalue weighted by atomic mass is 32.2. The molecule has 204 valence electrons. The van der Waals surface area contributed by atoms with Gasteiger partial charge in [-0.2, -0.15) is 0 Å². The Labute approximate surface area is 217 Å². The van der Waals surface area contributed by atoms with Crippen molar-refractivity contribution in [3.63, 3.8) is 0 Å². The average Bonchev–Trinajstić information content (AvgIpc) is 3.00. The molecule has 3 rings (SSSR count). The molecule has 0 aromatic rings. The summed E-state index contributed by atoms with van der Waals surface area (Å²) >= 11 is 0. The maximum atomic E-state index is 12.6. The van der Waals surface area contributed by atoms with Crippen LogP contribution in [0, 0.1) is 39.9 Å². The van der Waals surface area contributed by atoms with Crippen LogP contribution in [-0.2, 0) is 19.4 Å². The highest BCUT2D eigenvalue weighted by Gasteiger charge is 2.62. The number of sulfone groups is 1. The molecule has 3 fully saturated rings. The highest BCUT2D eigenvalue weighted by Crippen LogP contribution is 2.68. The second kappa shape index (κ2) is 10.1. The van der Waals surface area contributed by atoms with Crippen LogP contribution in [-0.4, -0.2) is 31.0 Å². The van der Waals surface area contributed by atoms with Crippen LogP contribution in [0.25, 0.3) is 0 Å². The first-order valence-corrected chi connectivity index (χ1v) is 15.4. The van der Waals surface area contributed by atoms with Gasteiger partial charge in [-0.3, -0.25) is 4.79 Å². The molecular weight excluding hydrogens is 456 g/mol. The van der Waals surface area contributed by atoms with Crippen molar-refractivity contribution >= 4 is 15.8 Å². The normalized spacial score (nSPS) is 32.9. The van der Waals surface area contributed by atoms with E-state index < -0.39 is 14.6 Å². The standard InChI is InChI=1S/C15H26O2S.C15H28O2/c1-11-9-12-7-8-15(11,14(12,5)6)10-18(16,17)13(2,3)4;1-10(2)12-8-7-11(3)9-13(12)17-14(16)15(4,5)6/h12H,1,7-10H2,2-6H3;10-13H,7-9H2,1-6H3/t;11-,12+,13-/m.0/s1. The fourth-order valence-electron chi connectivity index (χ4n) is 6.44. The summed E-state index contributed by atoms with van der Waals surface area (Å²) in [6.07, 6.45) is 6.81. The van der Waals surface area contributed by atoms with E-state index in [1.807, 2.05) is 20.8 Å². The largest absolute Gasteiger partial charge is 0.462 e. The van der Waals surface area contributed by atoms with Crippen molar-refractivity contribution < 1.29 is 17.9 Å². The molecule has 0 radical (unpaired) electrons. The van der Waals surface area contributed by atoms with E-state index in [4.69, 9.17) is 4.74 Å². The second-order valence-corrected chi connectivity index (χ2v) is 17.5. The summed E-state index contributed by atoms with van der Waals surface area (Å²) in [4.78, 5) is 12.0. The van der Waals surface area contributed by atoms with E-state index in [2.05, 4.69) is 41.2 Å². The van der Waals surface area contributed by atoms with E-state index in [1.54, 1.807) is 20.8 Å². The first kappa shape index (κ1) is 30.4. The number of allylic oxidation sites excluding steroid dienone is 1. The van der Waals surface area contributed by atoms with Crippen LogP contribution >= 0.6 is 0 Å². The first-order chi connectivity index (χ1) is 15.7. The van der Waals surface area contributed by atoms with E-state index >= 15 is 0 Å². The molecule has 5 heteroatoms. The SMILES string of the molecule is C=C1CC2CCC1(CS(=O)(=O)C(C)(C)C)C2(C)C.CC(C)[C@H]1CC[C@H](C)C[C@@H]1OC(=O)C(C)(C)C. The van der Waals surface area contributed by atoms with Gasteiger partial charge >= 0.3 is 5.97 Å². The number of hydrogen-bond donors (Lipinski definition) is 0. The van der Waals surface area contributed by atoms with Gasteiger partial charge in [0.1, 0.15) is 6.10 Å². The van der Waals surface area contributed by atoms with Crippen LogP contribution in [0.1, 0.15) is 115 Å². The Morgan fingerprint density at radius 3 is 2.06 bits per heavy atom. The highest BCUT2D eigenvalue weighted by molar-refractivity contribution is 7.92. The van der Waals surface area contributed by atoms with Gasteiger partial charge in [-0.05, 0) is 103 Å². The summed E-state index contributed by atoms with van der Waals surface area (Å²) in [5, 5.41) is 0. The molecule has 3 saturated carbocycles. The van der Waals surface area contributed by atoms with Crippen molar-refractivity contribution in [1.82, 2.24) is 0 Å². The lowest BCUT2D eigenvalue weighted by molar-refractivity contribution is -0.165. The molecule has 0 aromatic carbocycles. The van der Waals surface area contributed by atoms with Crippen molar-refractivity contribution in [2.45, 2.75) is 126 Å². The zero-order chi connectivity index (χ0) is 27.2. The summed E-state index contributed by atoms with van der Waals surface area (Å²) in [5.41, 5.74) is 0.700. The molecule has 2 bridgehead atoms. The maximum Gasteiger partial charge on any atom is 0.311 e. The van der Waals surface area contributed by atoms with Crippen molar-refractivity contribution in [3.8, 4) is 0 Å². The maximum absolute atomic E-state index is 12.6. The summed E-state index contributed by atoms with van der Waals surface area (Å²) in [5.74, 6) is 2.68. The van der Waals surface area contributed by atoms with Gasteiger partial charge in [0.05, 0.1) is 15.9 Å². The Kier molecular flexibility index (Phi) is 8.80. The molecule has 0 spiro atoms. The monoisotopic (exact) mass is 510 g/mol. The van der Waals surface area contributed by atoms with Gasteiger partial charge in [0.15, 0.2) is 9.84 Å². The third-order valence-electron chi connectivity index (χ3n) is 9.54. The van der Waals surface area contributed by atoms with E-state index in [0.717, 1.165) is 25.7 Å². The Balaban J connectivity index is 0.000000247. The topological polar surface area (TPSA) is 60.4 Å². The minimum atomic E-state index is -3.09. The van der Waals surface area contributed by atoms with Crippen LogP contribution < -0.4 is 0 Å². The third-order valence-corrected chi connectivity index (χ3v) is 12.3. The molecule has 4 nitrogen and oxygen atoms in total. The van der Waals surface area contributed by atoms with Gasteiger partial charge in [0.2, 0.25) is 0 Å². The Morgan fingerprint density at radius 1 is 1.09 bits per heavy atom. The number of rotatable bonds is 4. The van der Waals surface area contributed by atoms with Gasteiger partial charge in [0, 0.05) is 5.41 Å². The van der Waals surface area contributed by atoms with E-state index in [9.17, 15) is 13.2 Å². The molecule has 5 atom stereocenters. The Morgan fingerprint density at radius 2 is 1.66 bits per heavy atom. The predicted octanol–water partition coefficient (Wildman–Crippen LogP) is 7.62. The zero-order valence-corrected chi connectivity index (χ0v) is 25.4. The molecule has 0 aromatic heterocycles. The minimum absolute atomic E-state index is 0.0535. The fourth-order valence-corrected chi connectivity index (χ4v) is 8.24. The quantitative estimate of drug-likeness (QED) is 0.288. The number of carbonyl (C=O) groups is 1. The van der Waals surface area contributed by atoms with Crippen LogP contribution in [0.3, 0.4) is 0 Å². The van der Waals surface area contributed by atoms with Crippen LogP contribution in [0.4, 0.5) is 0 Å². The lowest BCUT2D eigenvalue weighted by atomic mass is 9.69. The molecule has 35 heavy (non-hydrogen) atoms. The molecule has 0 heterocycles. The van der Waals surface area contributed by atoms with Crippen LogP contribution in [0.5, 0.6) is 0 Å². The molecule has 2 unspecified atom stereocenters. The minimum Gasteiger partial charge on any atom is -0.462 e.